The number of hydrogen-bond donors (Lipinski definition) is 4. The van der Waals surface area contributed by atoms with Gasteiger partial charge in [-0.15, -0.1) is 0 Å². The highest BCUT2D eigenvalue weighted by Gasteiger charge is 2.24. The van der Waals surface area contributed by atoms with E-state index in [2.05, 4.69) is 25.6 Å². The molecule has 0 saturated heterocycles. The van der Waals surface area contributed by atoms with Crippen LogP contribution in [0.5, 0.6) is 0 Å². The third-order valence-electron chi connectivity index (χ3n) is 6.36. The molecule has 4 aromatic rings. The lowest BCUT2D eigenvalue weighted by Crippen LogP contribution is -2.43. The highest BCUT2D eigenvalue weighted by atomic mass is 19.1. The van der Waals surface area contributed by atoms with Gasteiger partial charge in [0, 0.05) is 41.6 Å². The second kappa shape index (κ2) is 9.63. The first-order chi connectivity index (χ1) is 17.0. The van der Waals surface area contributed by atoms with Gasteiger partial charge in [-0.1, -0.05) is 25.0 Å². The molecule has 0 aliphatic heterocycles. The maximum atomic E-state index is 14.8. The summed E-state index contributed by atoms with van der Waals surface area (Å²) >= 11 is 0. The number of rotatable bonds is 6. The number of halogens is 1. The van der Waals surface area contributed by atoms with Crippen molar-refractivity contribution < 1.29 is 9.18 Å². The van der Waals surface area contributed by atoms with Crippen molar-refractivity contribution in [3.63, 3.8) is 0 Å². The van der Waals surface area contributed by atoms with Crippen LogP contribution in [0.15, 0.2) is 61.2 Å². The van der Waals surface area contributed by atoms with E-state index in [0.29, 0.717) is 5.69 Å². The summed E-state index contributed by atoms with van der Waals surface area (Å²) in [5.41, 5.74) is 14.1. The van der Waals surface area contributed by atoms with Crippen molar-refractivity contribution in [2.45, 2.75) is 37.8 Å². The van der Waals surface area contributed by atoms with E-state index in [1.54, 1.807) is 18.6 Å². The van der Waals surface area contributed by atoms with Gasteiger partial charge in [0.15, 0.2) is 11.6 Å². The Morgan fingerprint density at radius 2 is 1.80 bits per heavy atom. The molecule has 0 radical (unpaired) electrons. The Bertz CT molecular complexity index is 1390. The largest absolute Gasteiger partial charge is 0.365 e. The summed E-state index contributed by atoms with van der Waals surface area (Å²) in [5.74, 6) is -1.26. The van der Waals surface area contributed by atoms with Crippen LogP contribution in [0.25, 0.3) is 21.9 Å². The van der Waals surface area contributed by atoms with E-state index < -0.39 is 11.7 Å². The van der Waals surface area contributed by atoms with Crippen molar-refractivity contribution in [2.75, 3.05) is 10.6 Å². The third kappa shape index (κ3) is 4.90. The van der Waals surface area contributed by atoms with E-state index in [1.165, 1.54) is 0 Å². The smallest absolute Gasteiger partial charge is 0.252 e. The van der Waals surface area contributed by atoms with Crippen LogP contribution in [-0.2, 0) is 0 Å². The summed E-state index contributed by atoms with van der Waals surface area (Å²) in [4.78, 5) is 24.9. The van der Waals surface area contributed by atoms with Crippen molar-refractivity contribution in [1.29, 1.82) is 0 Å². The van der Waals surface area contributed by atoms with Gasteiger partial charge in [-0.2, -0.15) is 0 Å². The molecule has 2 atom stereocenters. The summed E-state index contributed by atoms with van der Waals surface area (Å²) in [6, 6.07) is 10.8. The first-order valence-corrected chi connectivity index (χ1v) is 11.6. The number of carbonyl (C=O) groups is 1. The molecule has 3 aromatic heterocycles. The van der Waals surface area contributed by atoms with E-state index in [4.69, 9.17) is 11.5 Å². The molecule has 5 rings (SSSR count). The van der Waals surface area contributed by atoms with Gasteiger partial charge in [0.1, 0.15) is 5.82 Å². The van der Waals surface area contributed by atoms with Gasteiger partial charge in [-0.25, -0.2) is 9.37 Å². The number of amides is 1. The van der Waals surface area contributed by atoms with Crippen molar-refractivity contribution in [2.24, 2.45) is 11.5 Å². The monoisotopic (exact) mass is 471 g/mol. The number of nitrogens with two attached hydrogens (primary N) is 2. The molecule has 178 valence electrons. The molecule has 9 heteroatoms. The molecule has 3 heterocycles. The average Bonchev–Trinajstić information content (AvgIpc) is 2.87. The van der Waals surface area contributed by atoms with E-state index in [-0.39, 0.29) is 29.3 Å². The molecule has 0 unspecified atom stereocenters. The highest BCUT2D eigenvalue weighted by Crippen LogP contribution is 2.29. The number of fused-ring (bicyclic) bond motifs is 1. The molecular weight excluding hydrogens is 445 g/mol. The van der Waals surface area contributed by atoms with Crippen LogP contribution < -0.4 is 22.1 Å². The van der Waals surface area contributed by atoms with Gasteiger partial charge in [0.25, 0.3) is 5.91 Å². The van der Waals surface area contributed by atoms with Gasteiger partial charge in [0.05, 0.1) is 17.4 Å². The number of primary amides is 1. The zero-order valence-electron chi connectivity index (χ0n) is 19.0. The molecule has 6 N–H and O–H groups in total. The van der Waals surface area contributed by atoms with E-state index in [0.717, 1.165) is 53.6 Å². The van der Waals surface area contributed by atoms with Crippen molar-refractivity contribution in [3.8, 4) is 11.1 Å². The lowest BCUT2D eigenvalue weighted by Gasteiger charge is -2.30. The number of carbonyl (C=O) groups excluding carboxylic acids is 1. The molecule has 1 amide bonds. The second-order valence-corrected chi connectivity index (χ2v) is 8.80. The first-order valence-electron chi connectivity index (χ1n) is 11.6. The Hall–Kier alpha value is -4.11. The van der Waals surface area contributed by atoms with Crippen molar-refractivity contribution >= 4 is 34.0 Å². The van der Waals surface area contributed by atoms with E-state index in [9.17, 15) is 9.18 Å². The summed E-state index contributed by atoms with van der Waals surface area (Å²) < 4.78 is 14.8. The van der Waals surface area contributed by atoms with Crippen LogP contribution in [0.3, 0.4) is 0 Å². The van der Waals surface area contributed by atoms with Gasteiger partial charge < -0.3 is 22.1 Å². The molecule has 35 heavy (non-hydrogen) atoms. The standard InChI is InChI=1S/C26H26FN7O/c27-21-11-20(24(29)35)25(34-26(21)33-23-4-2-1-3-22(23)28)32-19-10-18(13-31-14-19)16-6-5-15-7-8-30-12-17(15)9-16/h5-14,22-23H,1-4,28H2,(H2,29,35)(H2,32,33,34)/t22-,23+/m1/s1. The van der Waals surface area contributed by atoms with Crippen LogP contribution in [-0.4, -0.2) is 32.9 Å². The summed E-state index contributed by atoms with van der Waals surface area (Å²) in [6.45, 7) is 0. The Labute approximate surface area is 202 Å². The van der Waals surface area contributed by atoms with Crippen molar-refractivity contribution in [3.05, 3.63) is 72.6 Å². The zero-order valence-corrected chi connectivity index (χ0v) is 19.0. The molecule has 1 aromatic carbocycles. The Kier molecular flexibility index (Phi) is 6.24. The quantitative estimate of drug-likeness (QED) is 0.329. The van der Waals surface area contributed by atoms with Crippen LogP contribution >= 0.6 is 0 Å². The lowest BCUT2D eigenvalue weighted by atomic mass is 9.91. The number of hydrogen-bond acceptors (Lipinski definition) is 7. The molecule has 1 saturated carbocycles. The molecule has 1 fully saturated rings. The molecular formula is C26H26FN7O. The minimum Gasteiger partial charge on any atom is -0.365 e. The summed E-state index contributed by atoms with van der Waals surface area (Å²) in [6.07, 6.45) is 10.7. The van der Waals surface area contributed by atoms with Crippen LogP contribution in [0.2, 0.25) is 0 Å². The fraction of sp³-hybridized carbons (Fsp3) is 0.231. The number of aromatic nitrogens is 3. The molecule has 0 spiro atoms. The number of pyridine rings is 3. The SMILES string of the molecule is NC(=O)c1cc(F)c(N[C@H]2CCCC[C@H]2N)nc1Nc1cncc(-c2ccc3ccncc3c2)c1. The Morgan fingerprint density at radius 1 is 0.943 bits per heavy atom. The Balaban J connectivity index is 1.46. The number of nitrogens with zero attached hydrogens (tertiary/aromatic N) is 3. The topological polar surface area (TPSA) is 132 Å². The molecule has 1 aliphatic carbocycles. The van der Waals surface area contributed by atoms with E-state index >= 15 is 0 Å². The fourth-order valence-corrected chi connectivity index (χ4v) is 4.46. The molecule has 8 nitrogen and oxygen atoms in total. The van der Waals surface area contributed by atoms with Gasteiger partial charge in [0.2, 0.25) is 0 Å². The van der Waals surface area contributed by atoms with Gasteiger partial charge in [-0.3, -0.25) is 14.8 Å². The number of anilines is 3. The molecule has 0 bridgehead atoms. The predicted molar refractivity (Wildman–Crippen MR) is 135 cm³/mol. The minimum atomic E-state index is -0.786. The van der Waals surface area contributed by atoms with Crippen molar-refractivity contribution in [1.82, 2.24) is 15.0 Å². The van der Waals surface area contributed by atoms with Gasteiger partial charge in [-0.05, 0) is 48.1 Å². The Morgan fingerprint density at radius 3 is 2.63 bits per heavy atom. The summed E-state index contributed by atoms with van der Waals surface area (Å²) in [7, 11) is 0. The zero-order chi connectivity index (χ0) is 24.4. The second-order valence-electron chi connectivity index (χ2n) is 8.80. The molecule has 1 aliphatic rings. The highest BCUT2D eigenvalue weighted by molar-refractivity contribution is 5.98. The average molecular weight is 472 g/mol. The number of benzene rings is 1. The third-order valence-corrected chi connectivity index (χ3v) is 6.36. The fourth-order valence-electron chi connectivity index (χ4n) is 4.46. The normalized spacial score (nSPS) is 17.8. The maximum Gasteiger partial charge on any atom is 0.252 e. The van der Waals surface area contributed by atoms with Crippen LogP contribution in [0.4, 0.5) is 21.7 Å². The maximum absolute atomic E-state index is 14.8. The number of nitrogens with one attached hydrogen (secondary N) is 2. The first kappa shape index (κ1) is 22.7. The minimum absolute atomic E-state index is 0.0333. The lowest BCUT2D eigenvalue weighted by molar-refractivity contribution is 0.100. The van der Waals surface area contributed by atoms with Crippen LogP contribution in [0, 0.1) is 5.82 Å². The van der Waals surface area contributed by atoms with E-state index in [1.807, 2.05) is 36.5 Å². The van der Waals surface area contributed by atoms with Gasteiger partial charge >= 0.3 is 0 Å². The van der Waals surface area contributed by atoms with Crippen LogP contribution in [0.1, 0.15) is 36.0 Å². The predicted octanol–water partition coefficient (Wildman–Crippen LogP) is 4.36. The summed E-state index contributed by atoms with van der Waals surface area (Å²) in [5, 5.41) is 8.31.